The van der Waals surface area contributed by atoms with Gasteiger partial charge in [-0.15, -0.1) is 17.0 Å². The highest BCUT2D eigenvalue weighted by Crippen LogP contribution is 2.06. The van der Waals surface area contributed by atoms with Crippen LogP contribution in [0.5, 0.6) is 0 Å². The minimum atomic E-state index is 0. The van der Waals surface area contributed by atoms with Crippen LogP contribution in [0.1, 0.15) is 10.5 Å². The summed E-state index contributed by atoms with van der Waals surface area (Å²) in [4.78, 5) is 19.3. The maximum atomic E-state index is 11.4. The topological polar surface area (TPSA) is 47.3 Å². The zero-order chi connectivity index (χ0) is 9.26. The van der Waals surface area contributed by atoms with Crippen LogP contribution in [-0.2, 0) is 0 Å². The second-order valence-electron chi connectivity index (χ2n) is 2.50. The predicted octanol–water partition coefficient (Wildman–Crippen LogP) is 1.88. The maximum Gasteiger partial charge on any atom is 0.191 e. The van der Waals surface area contributed by atoms with Gasteiger partial charge >= 0.3 is 0 Å². The lowest BCUT2D eigenvalue weighted by atomic mass is 10.3. The number of alkyl halides is 1. The summed E-state index contributed by atoms with van der Waals surface area (Å²) in [6.45, 7) is 0. The Morgan fingerprint density at radius 1 is 1.50 bits per heavy atom. The van der Waals surface area contributed by atoms with Gasteiger partial charge in [-0.2, -0.15) is 0 Å². The Hall–Kier alpha value is -0.750. The van der Waals surface area contributed by atoms with Crippen molar-refractivity contribution in [1.29, 1.82) is 0 Å². The highest BCUT2D eigenvalue weighted by molar-refractivity contribution is 9.09. The Morgan fingerprint density at radius 2 is 2.29 bits per heavy atom. The smallest absolute Gasteiger partial charge is 0.191 e. The number of Topliss-reactive ketones (excluding diaryl/α,β-unsaturated/α-hetero) is 1. The van der Waals surface area contributed by atoms with Crippen LogP contribution in [0.4, 0.5) is 0 Å². The highest BCUT2D eigenvalue weighted by atomic mass is 79.9. The van der Waals surface area contributed by atoms with E-state index in [0.717, 1.165) is 0 Å². The zero-order valence-electron chi connectivity index (χ0n) is 7.05. The van der Waals surface area contributed by atoms with Gasteiger partial charge in [0.25, 0.3) is 0 Å². The fourth-order valence-corrected chi connectivity index (χ4v) is 1.40. The lowest BCUT2D eigenvalue weighted by Gasteiger charge is -1.95. The summed E-state index contributed by atoms with van der Waals surface area (Å²) in [5.74, 6) is 0.0127. The Labute approximate surface area is 99.3 Å². The van der Waals surface area contributed by atoms with E-state index < -0.39 is 0 Å². The van der Waals surface area contributed by atoms with Gasteiger partial charge in [-0.25, -0.2) is 4.98 Å². The van der Waals surface area contributed by atoms with Gasteiger partial charge in [-0.05, 0) is 0 Å². The second kappa shape index (κ2) is 4.65. The van der Waals surface area contributed by atoms with E-state index in [1.54, 1.807) is 29.2 Å². The standard InChI is InChI=1S/C8H6BrN3O.BrH/c9-3-7(13)6-4-11-8-5-10-1-2-12(6)8;/h1-2,4-5H,3H2;1H. The number of halogens is 2. The molecule has 0 amide bonds. The fourth-order valence-electron chi connectivity index (χ4n) is 1.12. The van der Waals surface area contributed by atoms with Crippen molar-refractivity contribution in [2.24, 2.45) is 0 Å². The summed E-state index contributed by atoms with van der Waals surface area (Å²) >= 11 is 3.12. The van der Waals surface area contributed by atoms with Crippen molar-refractivity contribution in [3.8, 4) is 0 Å². The molecule has 2 aromatic rings. The lowest BCUT2D eigenvalue weighted by Crippen LogP contribution is -2.03. The first kappa shape index (κ1) is 11.3. The molecule has 0 saturated carbocycles. The number of rotatable bonds is 2. The van der Waals surface area contributed by atoms with E-state index in [1.807, 2.05) is 0 Å². The minimum Gasteiger partial charge on any atom is -0.294 e. The first-order valence-corrected chi connectivity index (χ1v) is 4.81. The molecule has 2 aromatic heterocycles. The van der Waals surface area contributed by atoms with Crippen LogP contribution in [0, 0.1) is 0 Å². The van der Waals surface area contributed by atoms with Crippen molar-refractivity contribution in [3.63, 3.8) is 0 Å². The van der Waals surface area contributed by atoms with Crippen LogP contribution in [0.3, 0.4) is 0 Å². The number of hydrogen-bond acceptors (Lipinski definition) is 3. The number of aromatic nitrogens is 3. The molecule has 0 spiro atoms. The Morgan fingerprint density at radius 3 is 3.00 bits per heavy atom. The third kappa shape index (κ3) is 1.85. The summed E-state index contributed by atoms with van der Waals surface area (Å²) in [6.07, 6.45) is 6.52. The average molecular weight is 321 g/mol. The molecule has 0 atom stereocenters. The van der Waals surface area contributed by atoms with Crippen LogP contribution in [-0.4, -0.2) is 25.5 Å². The van der Waals surface area contributed by atoms with Crippen molar-refractivity contribution in [1.82, 2.24) is 14.4 Å². The SMILES string of the molecule is Br.O=C(CBr)c1cnc2cnccn12. The number of nitrogens with zero attached hydrogens (tertiary/aromatic N) is 3. The fraction of sp³-hybridized carbons (Fsp3) is 0.125. The molecule has 0 bridgehead atoms. The van der Waals surface area contributed by atoms with Crippen LogP contribution in [0.15, 0.2) is 24.8 Å². The van der Waals surface area contributed by atoms with Gasteiger partial charge in [0.05, 0.1) is 17.7 Å². The molecule has 0 aromatic carbocycles. The number of fused-ring (bicyclic) bond motifs is 1. The van der Waals surface area contributed by atoms with Gasteiger partial charge < -0.3 is 0 Å². The molecule has 0 aliphatic carbocycles. The van der Waals surface area contributed by atoms with Gasteiger partial charge in [0.15, 0.2) is 11.4 Å². The summed E-state index contributed by atoms with van der Waals surface area (Å²) < 4.78 is 1.72. The van der Waals surface area contributed by atoms with E-state index in [4.69, 9.17) is 0 Å². The molecule has 74 valence electrons. The van der Waals surface area contributed by atoms with Crippen LogP contribution in [0.2, 0.25) is 0 Å². The van der Waals surface area contributed by atoms with E-state index in [-0.39, 0.29) is 22.8 Å². The minimum absolute atomic E-state index is 0. The van der Waals surface area contributed by atoms with Crippen molar-refractivity contribution < 1.29 is 4.79 Å². The molecule has 4 nitrogen and oxygen atoms in total. The third-order valence-electron chi connectivity index (χ3n) is 1.72. The Bertz CT molecular complexity index is 455. The number of carbonyl (C=O) groups excluding carboxylic acids is 1. The summed E-state index contributed by atoms with van der Waals surface area (Å²) in [5.41, 5.74) is 1.26. The van der Waals surface area contributed by atoms with E-state index >= 15 is 0 Å². The second-order valence-corrected chi connectivity index (χ2v) is 3.07. The molecular formula is C8H7Br2N3O. The van der Waals surface area contributed by atoms with Crippen molar-refractivity contribution >= 4 is 44.3 Å². The molecule has 0 radical (unpaired) electrons. The number of imidazole rings is 1. The molecular weight excluding hydrogens is 314 g/mol. The van der Waals surface area contributed by atoms with Crippen molar-refractivity contribution in [3.05, 3.63) is 30.5 Å². The summed E-state index contributed by atoms with van der Waals surface area (Å²) in [7, 11) is 0. The summed E-state index contributed by atoms with van der Waals surface area (Å²) in [6, 6.07) is 0. The molecule has 0 fully saturated rings. The number of carbonyl (C=O) groups is 1. The van der Waals surface area contributed by atoms with E-state index in [1.165, 1.54) is 0 Å². The van der Waals surface area contributed by atoms with Gasteiger partial charge in [0.1, 0.15) is 5.69 Å². The zero-order valence-corrected chi connectivity index (χ0v) is 10.4. The van der Waals surface area contributed by atoms with Crippen LogP contribution >= 0.6 is 32.9 Å². The largest absolute Gasteiger partial charge is 0.294 e. The highest BCUT2D eigenvalue weighted by Gasteiger charge is 2.09. The monoisotopic (exact) mass is 319 g/mol. The van der Waals surface area contributed by atoms with Crippen molar-refractivity contribution in [2.45, 2.75) is 0 Å². The quantitative estimate of drug-likeness (QED) is 0.627. The van der Waals surface area contributed by atoms with E-state index in [9.17, 15) is 4.79 Å². The van der Waals surface area contributed by atoms with Gasteiger partial charge in [-0.3, -0.25) is 14.2 Å². The Kier molecular flexibility index (Phi) is 3.77. The van der Waals surface area contributed by atoms with E-state index in [2.05, 4.69) is 25.9 Å². The molecule has 6 heteroatoms. The molecule has 0 aliphatic rings. The predicted molar refractivity (Wildman–Crippen MR) is 61.4 cm³/mol. The van der Waals surface area contributed by atoms with Crippen LogP contribution in [0.25, 0.3) is 5.65 Å². The number of ketones is 1. The normalized spacial score (nSPS) is 9.79. The van der Waals surface area contributed by atoms with Crippen molar-refractivity contribution in [2.75, 3.05) is 5.33 Å². The van der Waals surface area contributed by atoms with Gasteiger partial charge in [-0.1, -0.05) is 15.9 Å². The third-order valence-corrected chi connectivity index (χ3v) is 2.23. The first-order chi connectivity index (χ1) is 6.33. The molecule has 0 aliphatic heterocycles. The Balaban J connectivity index is 0.000000980. The van der Waals surface area contributed by atoms with Gasteiger partial charge in [0.2, 0.25) is 0 Å². The number of hydrogen-bond donors (Lipinski definition) is 0. The molecule has 0 unspecified atom stereocenters. The molecule has 2 rings (SSSR count). The maximum absolute atomic E-state index is 11.4. The molecule has 0 N–H and O–H groups in total. The average Bonchev–Trinajstić information content (AvgIpc) is 2.60. The first-order valence-electron chi connectivity index (χ1n) is 3.69. The van der Waals surface area contributed by atoms with E-state index in [0.29, 0.717) is 16.7 Å². The van der Waals surface area contributed by atoms with Crippen LogP contribution < -0.4 is 0 Å². The molecule has 14 heavy (non-hydrogen) atoms. The van der Waals surface area contributed by atoms with Gasteiger partial charge in [0, 0.05) is 12.4 Å². The summed E-state index contributed by atoms with van der Waals surface area (Å²) in [5, 5.41) is 0.309. The lowest BCUT2D eigenvalue weighted by molar-refractivity contribution is 0.101. The molecule has 2 heterocycles. The molecule has 0 saturated heterocycles.